The monoisotopic (exact) mass is 352 g/mol. The molecule has 6 heteroatoms. The molecular formula is C19H16N2O3S. The van der Waals surface area contributed by atoms with Crippen molar-refractivity contribution in [2.45, 2.75) is 18.7 Å². The SMILES string of the molecule is COc1cccc2c1O[C@H](c1ccco1)N1N=C(c3cccs3)C[C@@H]21. The molecule has 0 amide bonds. The number of para-hydroxylation sites is 1. The number of hydrazone groups is 1. The Labute approximate surface area is 149 Å². The molecule has 2 aromatic heterocycles. The summed E-state index contributed by atoms with van der Waals surface area (Å²) < 4.78 is 17.4. The molecule has 5 nitrogen and oxygen atoms in total. The van der Waals surface area contributed by atoms with Gasteiger partial charge >= 0.3 is 0 Å². The lowest BCUT2D eigenvalue weighted by atomic mass is 9.98. The topological polar surface area (TPSA) is 47.2 Å². The zero-order valence-electron chi connectivity index (χ0n) is 13.6. The second kappa shape index (κ2) is 5.67. The van der Waals surface area contributed by atoms with Gasteiger partial charge < -0.3 is 13.9 Å². The number of furan rings is 1. The molecule has 1 aromatic carbocycles. The predicted molar refractivity (Wildman–Crippen MR) is 95.1 cm³/mol. The minimum Gasteiger partial charge on any atom is -0.493 e. The van der Waals surface area contributed by atoms with Crippen LogP contribution in [-0.4, -0.2) is 17.8 Å². The van der Waals surface area contributed by atoms with Gasteiger partial charge in [-0.2, -0.15) is 5.10 Å². The Morgan fingerprint density at radius 2 is 2.16 bits per heavy atom. The van der Waals surface area contributed by atoms with Crippen molar-refractivity contribution in [2.24, 2.45) is 5.10 Å². The summed E-state index contributed by atoms with van der Waals surface area (Å²) in [5.74, 6) is 2.24. The molecule has 3 aromatic rings. The van der Waals surface area contributed by atoms with Crippen LogP contribution in [0, 0.1) is 0 Å². The van der Waals surface area contributed by atoms with Gasteiger partial charge in [-0.1, -0.05) is 18.2 Å². The van der Waals surface area contributed by atoms with Gasteiger partial charge in [0.2, 0.25) is 6.23 Å². The average molecular weight is 352 g/mol. The summed E-state index contributed by atoms with van der Waals surface area (Å²) >= 11 is 1.71. The second-order valence-electron chi connectivity index (χ2n) is 5.99. The van der Waals surface area contributed by atoms with E-state index < -0.39 is 6.23 Å². The zero-order chi connectivity index (χ0) is 16.8. The minimum atomic E-state index is -0.402. The third-order valence-electron chi connectivity index (χ3n) is 4.59. The number of fused-ring (bicyclic) bond motifs is 3. The second-order valence-corrected chi connectivity index (χ2v) is 6.94. The van der Waals surface area contributed by atoms with Crippen molar-refractivity contribution in [3.63, 3.8) is 0 Å². The molecule has 25 heavy (non-hydrogen) atoms. The maximum absolute atomic E-state index is 6.28. The molecular weight excluding hydrogens is 336 g/mol. The van der Waals surface area contributed by atoms with E-state index in [-0.39, 0.29) is 6.04 Å². The van der Waals surface area contributed by atoms with Crippen molar-refractivity contribution in [2.75, 3.05) is 7.11 Å². The van der Waals surface area contributed by atoms with Crippen LogP contribution in [0.1, 0.15) is 34.9 Å². The first-order chi connectivity index (χ1) is 12.3. The van der Waals surface area contributed by atoms with Gasteiger partial charge in [-0.25, -0.2) is 5.01 Å². The maximum atomic E-state index is 6.28. The number of benzene rings is 1. The molecule has 2 atom stereocenters. The van der Waals surface area contributed by atoms with Crippen molar-refractivity contribution in [3.05, 3.63) is 70.3 Å². The first-order valence-corrected chi connectivity index (χ1v) is 9.00. The maximum Gasteiger partial charge on any atom is 0.246 e. The van der Waals surface area contributed by atoms with Crippen LogP contribution in [0.5, 0.6) is 11.5 Å². The summed E-state index contributed by atoms with van der Waals surface area (Å²) in [6.45, 7) is 0. The van der Waals surface area contributed by atoms with E-state index in [0.717, 1.165) is 35.0 Å². The van der Waals surface area contributed by atoms with Crippen LogP contribution in [0.15, 0.2) is 63.6 Å². The standard InChI is InChI=1S/C19H16N2O3S/c1-22-15-6-2-5-12-14-11-13(17-8-4-10-25-17)20-21(14)19(24-18(12)15)16-7-3-9-23-16/h2-10,14,19H,11H2,1H3/t14-,19+/m0/s1. The fourth-order valence-electron chi connectivity index (χ4n) is 3.46. The van der Waals surface area contributed by atoms with E-state index in [2.05, 4.69) is 23.6 Å². The quantitative estimate of drug-likeness (QED) is 0.691. The van der Waals surface area contributed by atoms with E-state index in [9.17, 15) is 0 Å². The number of ether oxygens (including phenoxy) is 2. The Kier molecular flexibility index (Phi) is 3.31. The highest BCUT2D eigenvalue weighted by Gasteiger charge is 2.43. The van der Waals surface area contributed by atoms with Crippen molar-refractivity contribution in [3.8, 4) is 11.5 Å². The molecule has 0 saturated carbocycles. The molecule has 126 valence electrons. The van der Waals surface area contributed by atoms with Gasteiger partial charge in [0.15, 0.2) is 17.3 Å². The van der Waals surface area contributed by atoms with Crippen LogP contribution in [0.3, 0.4) is 0 Å². The summed E-state index contributed by atoms with van der Waals surface area (Å²) in [7, 11) is 1.66. The lowest BCUT2D eigenvalue weighted by Crippen LogP contribution is -2.33. The Bertz CT molecular complexity index is 918. The molecule has 0 fully saturated rings. The number of thiophene rings is 1. The number of hydrogen-bond acceptors (Lipinski definition) is 6. The molecule has 0 N–H and O–H groups in total. The van der Waals surface area contributed by atoms with Crippen molar-refractivity contribution >= 4 is 17.0 Å². The molecule has 2 aliphatic heterocycles. The van der Waals surface area contributed by atoms with E-state index in [1.807, 2.05) is 29.3 Å². The lowest BCUT2D eigenvalue weighted by molar-refractivity contribution is -0.0342. The van der Waals surface area contributed by atoms with Gasteiger partial charge in [0.1, 0.15) is 0 Å². The first kappa shape index (κ1) is 14.6. The zero-order valence-corrected chi connectivity index (χ0v) is 14.4. The molecule has 4 heterocycles. The molecule has 0 bridgehead atoms. The van der Waals surface area contributed by atoms with Crippen LogP contribution in [0.4, 0.5) is 0 Å². The Morgan fingerprint density at radius 1 is 1.20 bits per heavy atom. The summed E-state index contributed by atoms with van der Waals surface area (Å²) in [6.07, 6.45) is 2.09. The molecule has 0 radical (unpaired) electrons. The van der Waals surface area contributed by atoms with Crippen molar-refractivity contribution < 1.29 is 13.9 Å². The van der Waals surface area contributed by atoms with E-state index in [4.69, 9.17) is 19.0 Å². The Hall–Kier alpha value is -2.73. The predicted octanol–water partition coefficient (Wildman–Crippen LogP) is 4.59. The number of nitrogens with zero attached hydrogens (tertiary/aromatic N) is 2. The van der Waals surface area contributed by atoms with E-state index in [0.29, 0.717) is 0 Å². The van der Waals surface area contributed by atoms with Gasteiger partial charge in [-0.05, 0) is 29.6 Å². The molecule has 0 unspecified atom stereocenters. The van der Waals surface area contributed by atoms with Crippen LogP contribution in [0.2, 0.25) is 0 Å². The Morgan fingerprint density at radius 3 is 2.92 bits per heavy atom. The summed E-state index contributed by atoms with van der Waals surface area (Å²) in [5.41, 5.74) is 2.17. The third kappa shape index (κ3) is 2.25. The average Bonchev–Trinajstić information content (AvgIpc) is 3.41. The summed E-state index contributed by atoms with van der Waals surface area (Å²) in [6, 6.07) is 14.0. The third-order valence-corrected chi connectivity index (χ3v) is 5.51. The van der Waals surface area contributed by atoms with Crippen molar-refractivity contribution in [1.29, 1.82) is 0 Å². The number of methoxy groups -OCH3 is 1. The molecule has 0 spiro atoms. The van der Waals surface area contributed by atoms with Crippen molar-refractivity contribution in [1.82, 2.24) is 5.01 Å². The van der Waals surface area contributed by atoms with Gasteiger partial charge in [-0.15, -0.1) is 11.3 Å². The van der Waals surface area contributed by atoms with Gasteiger partial charge in [0.05, 0.1) is 30.0 Å². The summed E-state index contributed by atoms with van der Waals surface area (Å²) in [5, 5.41) is 8.96. The molecule has 0 aliphatic carbocycles. The molecule has 2 aliphatic rings. The van der Waals surface area contributed by atoms with Crippen LogP contribution >= 0.6 is 11.3 Å². The molecule has 5 rings (SSSR count). The van der Waals surface area contributed by atoms with Crippen LogP contribution in [-0.2, 0) is 0 Å². The van der Waals surface area contributed by atoms with Gasteiger partial charge in [0.25, 0.3) is 0 Å². The fourth-order valence-corrected chi connectivity index (χ4v) is 4.18. The van der Waals surface area contributed by atoms with Gasteiger partial charge in [-0.3, -0.25) is 0 Å². The van der Waals surface area contributed by atoms with Crippen LogP contribution < -0.4 is 9.47 Å². The Balaban J connectivity index is 1.63. The number of rotatable bonds is 3. The smallest absolute Gasteiger partial charge is 0.246 e. The fraction of sp³-hybridized carbons (Fsp3) is 0.211. The lowest BCUT2D eigenvalue weighted by Gasteiger charge is -2.37. The van der Waals surface area contributed by atoms with Gasteiger partial charge in [0, 0.05) is 12.0 Å². The first-order valence-electron chi connectivity index (χ1n) is 8.12. The largest absolute Gasteiger partial charge is 0.493 e. The van der Waals surface area contributed by atoms with E-state index in [1.54, 1.807) is 24.7 Å². The minimum absolute atomic E-state index is 0.103. The van der Waals surface area contributed by atoms with Crippen LogP contribution in [0.25, 0.3) is 0 Å². The molecule has 0 saturated heterocycles. The highest BCUT2D eigenvalue weighted by atomic mass is 32.1. The normalized spacial score (nSPS) is 21.3. The highest BCUT2D eigenvalue weighted by Crippen LogP contribution is 2.50. The van der Waals surface area contributed by atoms with E-state index in [1.165, 1.54) is 4.88 Å². The van der Waals surface area contributed by atoms with E-state index >= 15 is 0 Å². The summed E-state index contributed by atoms with van der Waals surface area (Å²) in [4.78, 5) is 1.19. The number of hydrogen-bond donors (Lipinski definition) is 0. The highest BCUT2D eigenvalue weighted by molar-refractivity contribution is 7.12.